The number of aliphatic hydroxyl groups is 1. The third-order valence-electron chi connectivity index (χ3n) is 7.09. The molecule has 1 amide bonds. The Morgan fingerprint density at radius 3 is 2.35 bits per heavy atom. The number of hydrogen-bond donors (Lipinski definition) is 2. The van der Waals surface area contributed by atoms with Crippen LogP contribution in [-0.2, 0) is 19.9 Å². The molecule has 8 heteroatoms. The van der Waals surface area contributed by atoms with Crippen molar-refractivity contribution in [3.8, 4) is 11.1 Å². The number of nitrogens with zero attached hydrogens (tertiary/aromatic N) is 3. The van der Waals surface area contributed by atoms with E-state index in [0.29, 0.717) is 36.3 Å². The SMILES string of the molecule is C[N+]1(C(C(N)=O)c2ccncn2)CCC[C@@H](OC(=O)C2(O)c3ccccc3-c3ccccc32)C1. The average molecular weight is 460 g/mol. The molecular formula is C26H27N4O4+. The fraction of sp³-hybridized carbons (Fsp3) is 0.308. The summed E-state index contributed by atoms with van der Waals surface area (Å²) in [4.78, 5) is 34.2. The van der Waals surface area contributed by atoms with E-state index in [2.05, 4.69) is 9.97 Å². The fourth-order valence-corrected chi connectivity index (χ4v) is 5.56. The average Bonchev–Trinajstić information content (AvgIpc) is 3.10. The number of carbonyl (C=O) groups excluding carboxylic acids is 2. The standard InChI is InChI=1S/C26H26N4O4/c1-30(23(24(27)31)22-12-13-28-16-29-22)14-6-7-17(15-30)34-25(32)26(33)20-10-4-2-8-18(20)19-9-3-5-11-21(19)26/h2-5,8-13,16-17,23,33H,6-7,14-15H2,1H3,(H-,27,31)/p+1/t17-,23?,30?/m1/s1. The van der Waals surface area contributed by atoms with E-state index >= 15 is 0 Å². The summed E-state index contributed by atoms with van der Waals surface area (Å²) >= 11 is 0. The van der Waals surface area contributed by atoms with Gasteiger partial charge < -0.3 is 20.1 Å². The Kier molecular flexibility index (Phi) is 5.42. The first-order chi connectivity index (χ1) is 16.3. The summed E-state index contributed by atoms with van der Waals surface area (Å²) in [6, 6.07) is 15.7. The van der Waals surface area contributed by atoms with Gasteiger partial charge in [0.05, 0.1) is 13.6 Å². The second-order valence-corrected chi connectivity index (χ2v) is 9.30. The van der Waals surface area contributed by atoms with Crippen LogP contribution in [-0.4, -0.2) is 57.7 Å². The maximum Gasteiger partial charge on any atom is 0.348 e. The minimum atomic E-state index is -1.89. The van der Waals surface area contributed by atoms with Crippen molar-refractivity contribution in [2.45, 2.75) is 30.6 Å². The topological polar surface area (TPSA) is 115 Å². The second-order valence-electron chi connectivity index (χ2n) is 9.30. The lowest BCUT2D eigenvalue weighted by Gasteiger charge is -2.44. The molecule has 2 heterocycles. The fourth-order valence-electron chi connectivity index (χ4n) is 5.56. The molecule has 1 saturated heterocycles. The zero-order valence-corrected chi connectivity index (χ0v) is 18.9. The van der Waals surface area contributed by atoms with E-state index in [0.717, 1.165) is 17.5 Å². The molecule has 5 rings (SSSR count). The Morgan fingerprint density at radius 2 is 1.76 bits per heavy atom. The predicted octanol–water partition coefficient (Wildman–Crippen LogP) is 2.07. The van der Waals surface area contributed by atoms with Gasteiger partial charge in [0.2, 0.25) is 11.6 Å². The van der Waals surface area contributed by atoms with E-state index in [9.17, 15) is 14.7 Å². The predicted molar refractivity (Wildman–Crippen MR) is 124 cm³/mol. The lowest BCUT2D eigenvalue weighted by molar-refractivity contribution is -0.937. The van der Waals surface area contributed by atoms with Crippen LogP contribution >= 0.6 is 0 Å². The van der Waals surface area contributed by atoms with Gasteiger partial charge in [-0.1, -0.05) is 48.5 Å². The largest absolute Gasteiger partial charge is 0.454 e. The first-order valence-corrected chi connectivity index (χ1v) is 11.4. The molecule has 2 aliphatic rings. The summed E-state index contributed by atoms with van der Waals surface area (Å²) in [5.74, 6) is -1.20. The minimum absolute atomic E-state index is 0.260. The highest BCUT2D eigenvalue weighted by molar-refractivity contribution is 5.96. The molecule has 174 valence electrons. The van der Waals surface area contributed by atoms with Crippen molar-refractivity contribution in [2.75, 3.05) is 20.1 Å². The number of nitrogens with two attached hydrogens (primary N) is 1. The molecular weight excluding hydrogens is 432 g/mol. The molecule has 0 saturated carbocycles. The number of aromatic nitrogens is 2. The maximum atomic E-state index is 13.6. The van der Waals surface area contributed by atoms with E-state index in [1.165, 1.54) is 6.33 Å². The number of piperidine rings is 1. The molecule has 3 atom stereocenters. The summed E-state index contributed by atoms with van der Waals surface area (Å²) in [5.41, 5.74) is 7.12. The summed E-state index contributed by atoms with van der Waals surface area (Å²) in [5, 5.41) is 11.7. The number of fused-ring (bicyclic) bond motifs is 3. The molecule has 34 heavy (non-hydrogen) atoms. The Bertz CT molecular complexity index is 1200. The van der Waals surface area contributed by atoms with Crippen molar-refractivity contribution in [1.29, 1.82) is 0 Å². The second kappa shape index (κ2) is 8.30. The number of primary amides is 1. The van der Waals surface area contributed by atoms with Crippen molar-refractivity contribution in [3.63, 3.8) is 0 Å². The van der Waals surface area contributed by atoms with Crippen LogP contribution in [0, 0.1) is 0 Å². The highest BCUT2D eigenvalue weighted by Gasteiger charge is 2.51. The van der Waals surface area contributed by atoms with E-state index in [1.54, 1.807) is 36.5 Å². The first kappa shape index (κ1) is 22.2. The monoisotopic (exact) mass is 459 g/mol. The smallest absolute Gasteiger partial charge is 0.348 e. The van der Waals surface area contributed by atoms with E-state index in [-0.39, 0.29) is 4.48 Å². The third kappa shape index (κ3) is 3.46. The molecule has 0 spiro atoms. The Morgan fingerprint density at radius 1 is 1.12 bits per heavy atom. The van der Waals surface area contributed by atoms with E-state index < -0.39 is 29.6 Å². The summed E-state index contributed by atoms with van der Waals surface area (Å²) in [6.45, 7) is 1.06. The summed E-state index contributed by atoms with van der Waals surface area (Å²) in [6.07, 6.45) is 3.85. The van der Waals surface area contributed by atoms with Crippen molar-refractivity contribution in [3.05, 3.63) is 83.9 Å². The minimum Gasteiger partial charge on any atom is -0.454 e. The van der Waals surface area contributed by atoms with Crippen LogP contribution in [0.2, 0.25) is 0 Å². The van der Waals surface area contributed by atoms with Crippen molar-refractivity contribution < 1.29 is 23.9 Å². The molecule has 1 fully saturated rings. The van der Waals surface area contributed by atoms with E-state index in [4.69, 9.17) is 10.5 Å². The third-order valence-corrected chi connectivity index (χ3v) is 7.09. The van der Waals surface area contributed by atoms with Gasteiger partial charge in [-0.05, 0) is 23.6 Å². The van der Waals surface area contributed by atoms with Gasteiger partial charge in [-0.15, -0.1) is 0 Å². The Hall–Kier alpha value is -3.62. The number of esters is 1. The number of amides is 1. The lowest BCUT2D eigenvalue weighted by Crippen LogP contribution is -2.59. The number of ether oxygens (including phenoxy) is 1. The molecule has 0 radical (unpaired) electrons. The van der Waals surface area contributed by atoms with Gasteiger partial charge in [0.25, 0.3) is 5.91 Å². The molecule has 3 N–H and O–H groups in total. The van der Waals surface area contributed by atoms with Gasteiger partial charge in [0, 0.05) is 23.7 Å². The maximum absolute atomic E-state index is 13.6. The Labute approximate surface area is 197 Å². The quantitative estimate of drug-likeness (QED) is 0.446. The number of likely N-dealkylation sites (tertiary alicyclic amines) is 1. The number of benzene rings is 2. The Balaban J connectivity index is 1.43. The van der Waals surface area contributed by atoms with Crippen LogP contribution < -0.4 is 5.73 Å². The van der Waals surface area contributed by atoms with Gasteiger partial charge in [0.15, 0.2) is 6.10 Å². The highest BCUT2D eigenvalue weighted by Crippen LogP contribution is 2.48. The van der Waals surface area contributed by atoms with Crippen LogP contribution in [0.3, 0.4) is 0 Å². The lowest BCUT2D eigenvalue weighted by atomic mass is 9.91. The van der Waals surface area contributed by atoms with Gasteiger partial charge in [-0.3, -0.25) is 4.79 Å². The first-order valence-electron chi connectivity index (χ1n) is 11.4. The number of likely N-dealkylation sites (N-methyl/N-ethyl adjacent to an activating group) is 1. The number of rotatable bonds is 5. The molecule has 3 aromatic rings. The van der Waals surface area contributed by atoms with Crippen LogP contribution in [0.25, 0.3) is 11.1 Å². The zero-order chi connectivity index (χ0) is 23.9. The molecule has 1 aromatic heterocycles. The molecule has 8 nitrogen and oxygen atoms in total. The van der Waals surface area contributed by atoms with Crippen molar-refractivity contribution >= 4 is 11.9 Å². The normalized spacial score (nSPS) is 23.4. The summed E-state index contributed by atoms with van der Waals surface area (Å²) < 4.78 is 6.22. The van der Waals surface area contributed by atoms with Gasteiger partial charge in [0.1, 0.15) is 18.6 Å². The van der Waals surface area contributed by atoms with Crippen molar-refractivity contribution in [2.24, 2.45) is 5.73 Å². The van der Waals surface area contributed by atoms with Crippen LogP contribution in [0.4, 0.5) is 0 Å². The molecule has 1 aliphatic carbocycles. The van der Waals surface area contributed by atoms with E-state index in [1.807, 2.05) is 31.3 Å². The van der Waals surface area contributed by atoms with Crippen LogP contribution in [0.1, 0.15) is 35.7 Å². The zero-order valence-electron chi connectivity index (χ0n) is 18.9. The van der Waals surface area contributed by atoms with Crippen LogP contribution in [0.15, 0.2) is 67.1 Å². The summed E-state index contributed by atoms with van der Waals surface area (Å²) in [7, 11) is 1.92. The number of hydrogen-bond acceptors (Lipinski definition) is 6. The number of carbonyl (C=O) groups is 2. The van der Waals surface area contributed by atoms with Gasteiger partial charge in [-0.2, -0.15) is 0 Å². The molecule has 1 aliphatic heterocycles. The molecule has 2 unspecified atom stereocenters. The number of quaternary nitrogens is 1. The highest BCUT2D eigenvalue weighted by atomic mass is 16.6. The van der Waals surface area contributed by atoms with Gasteiger partial charge in [-0.25, -0.2) is 14.8 Å². The van der Waals surface area contributed by atoms with Crippen LogP contribution in [0.5, 0.6) is 0 Å². The van der Waals surface area contributed by atoms with Crippen molar-refractivity contribution in [1.82, 2.24) is 9.97 Å². The molecule has 2 aromatic carbocycles. The molecule has 0 bridgehead atoms. The van der Waals surface area contributed by atoms with Gasteiger partial charge >= 0.3 is 5.97 Å².